The second-order valence-corrected chi connectivity index (χ2v) is 8.52. The van der Waals surface area contributed by atoms with Crippen molar-refractivity contribution in [2.24, 2.45) is 5.92 Å². The van der Waals surface area contributed by atoms with Crippen molar-refractivity contribution in [3.8, 4) is 0 Å². The van der Waals surface area contributed by atoms with E-state index in [1.54, 1.807) is 23.6 Å². The molecule has 2 N–H and O–H groups in total. The summed E-state index contributed by atoms with van der Waals surface area (Å²) in [5, 5.41) is 20.9. The number of ketones is 1. The van der Waals surface area contributed by atoms with Crippen LogP contribution in [0.5, 0.6) is 0 Å². The number of rotatable bonds is 6. The van der Waals surface area contributed by atoms with Crippen LogP contribution in [0.3, 0.4) is 0 Å². The number of fused-ring (bicyclic) bond motifs is 1. The lowest BCUT2D eigenvalue weighted by molar-refractivity contribution is 0.0953. The van der Waals surface area contributed by atoms with E-state index in [4.69, 9.17) is 0 Å². The van der Waals surface area contributed by atoms with Crippen molar-refractivity contribution < 1.29 is 15.0 Å². The number of Topliss-reactive ketones (excluding diaryl/α,β-unsaturated/α-hetero) is 1. The van der Waals surface area contributed by atoms with Crippen LogP contribution in [-0.4, -0.2) is 31.2 Å². The summed E-state index contributed by atoms with van der Waals surface area (Å²) in [6, 6.07) is 3.26. The molecule has 0 amide bonds. The van der Waals surface area contributed by atoms with E-state index in [9.17, 15) is 24.6 Å². The fraction of sp³-hybridized carbons (Fsp3) is 0.522. The standard InChI is InChI=1S/C23H28N2O5/c1-3-11-24-22(29)19-13(2)15(21(28)20-17(26)5-4-6-18(20)27)9-10-16(19)25(23(24)30)12-14-7-8-14/h9-10,14,17,26-27H,3-8,11-12H2,1-2H3. The van der Waals surface area contributed by atoms with Gasteiger partial charge in [0.1, 0.15) is 5.76 Å². The summed E-state index contributed by atoms with van der Waals surface area (Å²) in [6.45, 7) is 4.50. The summed E-state index contributed by atoms with van der Waals surface area (Å²) in [4.78, 5) is 39.4. The van der Waals surface area contributed by atoms with Gasteiger partial charge in [0.05, 0.1) is 22.6 Å². The Morgan fingerprint density at radius 1 is 1.17 bits per heavy atom. The van der Waals surface area contributed by atoms with Crippen molar-refractivity contribution in [1.82, 2.24) is 9.13 Å². The monoisotopic (exact) mass is 412 g/mol. The van der Waals surface area contributed by atoms with Gasteiger partial charge in [-0.25, -0.2) is 4.79 Å². The van der Waals surface area contributed by atoms with Gasteiger partial charge in [-0.3, -0.25) is 18.7 Å². The Bertz CT molecular complexity index is 1170. The Kier molecular flexibility index (Phi) is 5.40. The molecule has 2 aliphatic rings. The number of allylic oxidation sites excluding steroid dienone is 1. The average Bonchev–Trinajstić information content (AvgIpc) is 3.52. The zero-order chi connectivity index (χ0) is 21.6. The Labute approximate surface area is 174 Å². The van der Waals surface area contributed by atoms with E-state index in [1.165, 1.54) is 4.57 Å². The fourth-order valence-electron chi connectivity index (χ4n) is 4.43. The predicted molar refractivity (Wildman–Crippen MR) is 114 cm³/mol. The summed E-state index contributed by atoms with van der Waals surface area (Å²) in [5.41, 5.74) is 0.627. The largest absolute Gasteiger partial charge is 0.512 e. The topological polar surface area (TPSA) is 102 Å². The molecule has 30 heavy (non-hydrogen) atoms. The second-order valence-electron chi connectivity index (χ2n) is 8.52. The quantitative estimate of drug-likeness (QED) is 0.711. The molecule has 0 saturated heterocycles. The highest BCUT2D eigenvalue weighted by molar-refractivity contribution is 6.12. The second kappa shape index (κ2) is 7.87. The van der Waals surface area contributed by atoms with E-state index in [1.807, 2.05) is 6.92 Å². The molecule has 2 aliphatic carbocycles. The summed E-state index contributed by atoms with van der Waals surface area (Å²) < 4.78 is 2.93. The van der Waals surface area contributed by atoms with Crippen molar-refractivity contribution in [3.63, 3.8) is 0 Å². The van der Waals surface area contributed by atoms with Crippen molar-refractivity contribution in [1.29, 1.82) is 0 Å². The number of benzene rings is 1. The van der Waals surface area contributed by atoms with E-state index in [2.05, 4.69) is 0 Å². The molecule has 1 saturated carbocycles. The van der Waals surface area contributed by atoms with Crippen LogP contribution >= 0.6 is 0 Å². The molecule has 1 unspecified atom stereocenters. The molecule has 1 atom stereocenters. The molecule has 7 nitrogen and oxygen atoms in total. The van der Waals surface area contributed by atoms with Gasteiger partial charge in [0.2, 0.25) is 0 Å². The van der Waals surface area contributed by atoms with Crippen molar-refractivity contribution >= 4 is 16.7 Å². The number of aryl methyl sites for hydroxylation is 1. The molecule has 0 spiro atoms. The van der Waals surface area contributed by atoms with Crippen LogP contribution in [0.15, 0.2) is 33.1 Å². The van der Waals surface area contributed by atoms with Gasteiger partial charge >= 0.3 is 5.69 Å². The third-order valence-corrected chi connectivity index (χ3v) is 6.26. The van der Waals surface area contributed by atoms with Gasteiger partial charge in [-0.15, -0.1) is 0 Å². The van der Waals surface area contributed by atoms with Crippen molar-refractivity contribution in [2.45, 2.75) is 71.6 Å². The van der Waals surface area contributed by atoms with Crippen molar-refractivity contribution in [2.75, 3.05) is 0 Å². The van der Waals surface area contributed by atoms with Crippen molar-refractivity contribution in [3.05, 3.63) is 55.4 Å². The Hall–Kier alpha value is -2.67. The number of hydrogen-bond donors (Lipinski definition) is 2. The van der Waals surface area contributed by atoms with Gasteiger partial charge in [-0.2, -0.15) is 0 Å². The van der Waals surface area contributed by atoms with Gasteiger partial charge in [0.15, 0.2) is 5.78 Å². The van der Waals surface area contributed by atoms with Gasteiger partial charge in [0.25, 0.3) is 5.56 Å². The van der Waals surface area contributed by atoms with E-state index in [0.29, 0.717) is 61.2 Å². The van der Waals surface area contributed by atoms with Crippen LogP contribution in [0, 0.1) is 12.8 Å². The molecule has 7 heteroatoms. The van der Waals surface area contributed by atoms with Gasteiger partial charge in [-0.1, -0.05) is 6.92 Å². The highest BCUT2D eigenvalue weighted by Gasteiger charge is 2.30. The summed E-state index contributed by atoms with van der Waals surface area (Å²) in [6.07, 6.45) is 3.17. The zero-order valence-electron chi connectivity index (χ0n) is 17.5. The molecule has 2 aromatic rings. The predicted octanol–water partition coefficient (Wildman–Crippen LogP) is 2.83. The molecule has 0 radical (unpaired) electrons. The van der Waals surface area contributed by atoms with Gasteiger partial charge in [0, 0.05) is 25.1 Å². The number of hydrogen-bond acceptors (Lipinski definition) is 5. The van der Waals surface area contributed by atoms with Crippen LogP contribution in [-0.2, 0) is 13.1 Å². The van der Waals surface area contributed by atoms with Gasteiger partial charge < -0.3 is 10.2 Å². The molecule has 0 bridgehead atoms. The molecule has 160 valence electrons. The van der Waals surface area contributed by atoms with Crippen LogP contribution < -0.4 is 11.2 Å². The summed E-state index contributed by atoms with van der Waals surface area (Å²) in [5.74, 6) is -0.0968. The number of aliphatic hydroxyl groups excluding tert-OH is 2. The molecule has 4 rings (SSSR count). The van der Waals surface area contributed by atoms with Gasteiger partial charge in [-0.05, 0) is 62.6 Å². The summed E-state index contributed by atoms with van der Waals surface area (Å²) >= 11 is 0. The molecule has 1 aromatic carbocycles. The molecule has 1 fully saturated rings. The smallest absolute Gasteiger partial charge is 0.331 e. The first-order valence-corrected chi connectivity index (χ1v) is 10.8. The lowest BCUT2D eigenvalue weighted by atomic mass is 9.87. The Morgan fingerprint density at radius 3 is 2.53 bits per heavy atom. The van der Waals surface area contributed by atoms with Crippen LogP contribution in [0.4, 0.5) is 0 Å². The minimum absolute atomic E-state index is 0.0175. The van der Waals surface area contributed by atoms with E-state index in [0.717, 1.165) is 12.8 Å². The summed E-state index contributed by atoms with van der Waals surface area (Å²) in [7, 11) is 0. The number of aliphatic hydroxyl groups is 2. The van der Waals surface area contributed by atoms with Crippen LogP contribution in [0.1, 0.15) is 61.4 Å². The third kappa shape index (κ3) is 3.41. The Balaban J connectivity index is 1.95. The lowest BCUT2D eigenvalue weighted by Gasteiger charge is -2.22. The fourth-order valence-corrected chi connectivity index (χ4v) is 4.43. The molecule has 1 aromatic heterocycles. The minimum Gasteiger partial charge on any atom is -0.512 e. The molecular weight excluding hydrogens is 384 g/mol. The third-order valence-electron chi connectivity index (χ3n) is 6.26. The highest BCUT2D eigenvalue weighted by Crippen LogP contribution is 2.32. The SMILES string of the molecule is CCCn1c(=O)c2c(C)c(C(=O)C3=C(O)CCCC3O)ccc2n(CC2CC2)c1=O. The Morgan fingerprint density at radius 2 is 1.90 bits per heavy atom. The molecular formula is C23H28N2O5. The average molecular weight is 412 g/mol. The zero-order valence-corrected chi connectivity index (χ0v) is 17.5. The molecule has 1 heterocycles. The lowest BCUT2D eigenvalue weighted by Crippen LogP contribution is -2.40. The highest BCUT2D eigenvalue weighted by atomic mass is 16.3. The van der Waals surface area contributed by atoms with Crippen LogP contribution in [0.25, 0.3) is 10.9 Å². The number of aromatic nitrogens is 2. The first-order chi connectivity index (χ1) is 14.3. The maximum atomic E-state index is 13.2. The number of carbonyl (C=O) groups excluding carboxylic acids is 1. The normalized spacial score (nSPS) is 19.5. The minimum atomic E-state index is -1.01. The maximum absolute atomic E-state index is 13.2. The van der Waals surface area contributed by atoms with Crippen LogP contribution in [0.2, 0.25) is 0 Å². The van der Waals surface area contributed by atoms with E-state index in [-0.39, 0.29) is 22.6 Å². The number of carbonyl (C=O) groups is 1. The first-order valence-electron chi connectivity index (χ1n) is 10.8. The number of nitrogens with zero attached hydrogens (tertiary/aromatic N) is 2. The maximum Gasteiger partial charge on any atom is 0.331 e. The van der Waals surface area contributed by atoms with E-state index >= 15 is 0 Å². The first kappa shape index (κ1) is 20.6. The molecule has 0 aliphatic heterocycles. The van der Waals surface area contributed by atoms with E-state index < -0.39 is 17.4 Å².